The van der Waals surface area contributed by atoms with Crippen molar-refractivity contribution < 1.29 is 14.3 Å². The van der Waals surface area contributed by atoms with Crippen molar-refractivity contribution in [3.63, 3.8) is 0 Å². The molecule has 1 aromatic heterocycles. The first-order valence-electron chi connectivity index (χ1n) is 12.0. The van der Waals surface area contributed by atoms with Crippen LogP contribution in [0.2, 0.25) is 0 Å². The monoisotopic (exact) mass is 426 g/mol. The predicted octanol–water partition coefficient (Wildman–Crippen LogP) is 7.15. The van der Waals surface area contributed by atoms with E-state index in [0.717, 1.165) is 37.2 Å². The Bertz CT molecular complexity index is 729. The first-order valence-corrected chi connectivity index (χ1v) is 12.0. The molecule has 0 amide bonds. The van der Waals surface area contributed by atoms with Crippen molar-refractivity contribution in [3.05, 3.63) is 36.7 Å². The van der Waals surface area contributed by atoms with Gasteiger partial charge < -0.3 is 9.47 Å². The van der Waals surface area contributed by atoms with E-state index < -0.39 is 0 Å². The highest BCUT2D eigenvalue weighted by atomic mass is 16.5. The maximum atomic E-state index is 12.0. The first kappa shape index (κ1) is 24.8. The molecule has 0 aliphatic rings. The Morgan fingerprint density at radius 1 is 0.742 bits per heavy atom. The number of carbonyl (C=O) groups is 1. The molecule has 0 radical (unpaired) electrons. The van der Waals surface area contributed by atoms with Crippen molar-refractivity contribution >= 4 is 5.97 Å². The predicted molar refractivity (Wildman–Crippen MR) is 125 cm³/mol. The SMILES string of the molecule is CCCCCCCCCC(=O)Oc1cnc(-c2ccc(OCCCCCC)cc2)nc1. The van der Waals surface area contributed by atoms with Crippen LogP contribution in [0.25, 0.3) is 11.4 Å². The van der Waals surface area contributed by atoms with Crippen LogP contribution in [0, 0.1) is 0 Å². The Hall–Kier alpha value is -2.43. The van der Waals surface area contributed by atoms with Gasteiger partial charge in [-0.05, 0) is 37.1 Å². The van der Waals surface area contributed by atoms with Gasteiger partial charge >= 0.3 is 5.97 Å². The number of unbranched alkanes of at least 4 members (excludes halogenated alkanes) is 9. The summed E-state index contributed by atoms with van der Waals surface area (Å²) in [4.78, 5) is 20.7. The van der Waals surface area contributed by atoms with Crippen LogP contribution >= 0.6 is 0 Å². The van der Waals surface area contributed by atoms with Gasteiger partial charge in [-0.3, -0.25) is 4.79 Å². The normalized spacial score (nSPS) is 10.8. The summed E-state index contributed by atoms with van der Waals surface area (Å²) in [5.41, 5.74) is 0.902. The molecule has 0 fully saturated rings. The lowest BCUT2D eigenvalue weighted by Crippen LogP contribution is -2.08. The zero-order chi connectivity index (χ0) is 22.2. The Morgan fingerprint density at radius 3 is 1.97 bits per heavy atom. The minimum absolute atomic E-state index is 0.217. The highest BCUT2D eigenvalue weighted by Crippen LogP contribution is 2.21. The quantitative estimate of drug-likeness (QED) is 0.211. The zero-order valence-corrected chi connectivity index (χ0v) is 19.3. The van der Waals surface area contributed by atoms with Crippen LogP contribution in [0.5, 0.6) is 11.5 Å². The Morgan fingerprint density at radius 2 is 1.32 bits per heavy atom. The van der Waals surface area contributed by atoms with Crippen LogP contribution in [0.1, 0.15) is 90.9 Å². The number of aromatic nitrogens is 2. The van der Waals surface area contributed by atoms with Gasteiger partial charge in [-0.15, -0.1) is 0 Å². The molecular weight excluding hydrogens is 388 g/mol. The van der Waals surface area contributed by atoms with Crippen molar-refractivity contribution in [2.24, 2.45) is 0 Å². The van der Waals surface area contributed by atoms with E-state index in [2.05, 4.69) is 23.8 Å². The van der Waals surface area contributed by atoms with Gasteiger partial charge in [-0.2, -0.15) is 0 Å². The van der Waals surface area contributed by atoms with E-state index in [0.29, 0.717) is 18.0 Å². The van der Waals surface area contributed by atoms with E-state index in [1.54, 1.807) is 12.4 Å². The van der Waals surface area contributed by atoms with Gasteiger partial charge in [0.15, 0.2) is 11.6 Å². The van der Waals surface area contributed by atoms with E-state index in [4.69, 9.17) is 9.47 Å². The summed E-state index contributed by atoms with van der Waals surface area (Å²) in [6.45, 7) is 5.16. The van der Waals surface area contributed by atoms with Crippen molar-refractivity contribution in [3.8, 4) is 22.9 Å². The van der Waals surface area contributed by atoms with Crippen LogP contribution in [-0.4, -0.2) is 22.5 Å². The minimum Gasteiger partial charge on any atom is -0.494 e. The highest BCUT2D eigenvalue weighted by molar-refractivity contribution is 5.72. The molecule has 2 aromatic rings. The number of esters is 1. The summed E-state index contributed by atoms with van der Waals surface area (Å²) in [7, 11) is 0. The molecule has 31 heavy (non-hydrogen) atoms. The highest BCUT2D eigenvalue weighted by Gasteiger charge is 2.07. The molecule has 5 nitrogen and oxygen atoms in total. The molecule has 0 N–H and O–H groups in total. The van der Waals surface area contributed by atoms with Gasteiger partial charge in [0.25, 0.3) is 0 Å². The van der Waals surface area contributed by atoms with Gasteiger partial charge in [-0.1, -0.05) is 71.6 Å². The number of rotatable bonds is 16. The number of nitrogens with zero attached hydrogens (tertiary/aromatic N) is 2. The molecule has 0 saturated heterocycles. The van der Waals surface area contributed by atoms with Gasteiger partial charge in [0, 0.05) is 12.0 Å². The molecule has 1 aromatic carbocycles. The van der Waals surface area contributed by atoms with Crippen LogP contribution in [-0.2, 0) is 4.79 Å². The molecule has 0 aliphatic carbocycles. The molecule has 0 atom stereocenters. The van der Waals surface area contributed by atoms with Crippen molar-refractivity contribution in [1.82, 2.24) is 9.97 Å². The summed E-state index contributed by atoms with van der Waals surface area (Å²) in [6.07, 6.45) is 16.6. The fourth-order valence-electron chi connectivity index (χ4n) is 3.35. The number of ether oxygens (including phenoxy) is 2. The van der Waals surface area contributed by atoms with E-state index in [1.807, 2.05) is 24.3 Å². The van der Waals surface area contributed by atoms with Crippen LogP contribution < -0.4 is 9.47 Å². The third kappa shape index (κ3) is 10.4. The topological polar surface area (TPSA) is 61.3 Å². The van der Waals surface area contributed by atoms with Crippen LogP contribution in [0.15, 0.2) is 36.7 Å². The molecule has 0 spiro atoms. The summed E-state index contributed by atoms with van der Waals surface area (Å²) in [6, 6.07) is 7.77. The van der Waals surface area contributed by atoms with Crippen LogP contribution in [0.3, 0.4) is 0 Å². The molecule has 170 valence electrons. The maximum Gasteiger partial charge on any atom is 0.311 e. The number of hydrogen-bond donors (Lipinski definition) is 0. The molecule has 2 rings (SSSR count). The summed E-state index contributed by atoms with van der Waals surface area (Å²) in [5.74, 6) is 1.63. The molecule has 0 bridgehead atoms. The lowest BCUT2D eigenvalue weighted by molar-refractivity contribution is -0.134. The van der Waals surface area contributed by atoms with Crippen molar-refractivity contribution in [2.75, 3.05) is 6.61 Å². The summed E-state index contributed by atoms with van der Waals surface area (Å²) in [5, 5.41) is 0. The van der Waals surface area contributed by atoms with Crippen molar-refractivity contribution in [2.45, 2.75) is 90.9 Å². The average molecular weight is 427 g/mol. The molecule has 0 unspecified atom stereocenters. The Kier molecular flexibility index (Phi) is 12.3. The molecule has 0 aliphatic heterocycles. The third-order valence-electron chi connectivity index (χ3n) is 5.22. The molecule has 0 saturated carbocycles. The number of hydrogen-bond acceptors (Lipinski definition) is 5. The average Bonchev–Trinajstić information content (AvgIpc) is 2.79. The molecule has 1 heterocycles. The number of carbonyl (C=O) groups excluding carboxylic acids is 1. The fraction of sp³-hybridized carbons (Fsp3) is 0.577. The second-order valence-electron chi connectivity index (χ2n) is 8.02. The summed E-state index contributed by atoms with van der Waals surface area (Å²) < 4.78 is 11.1. The fourth-order valence-corrected chi connectivity index (χ4v) is 3.35. The van der Waals surface area contributed by atoms with Gasteiger partial charge in [0.2, 0.25) is 0 Å². The van der Waals surface area contributed by atoms with E-state index in [9.17, 15) is 4.79 Å². The smallest absolute Gasteiger partial charge is 0.311 e. The van der Waals surface area contributed by atoms with E-state index in [1.165, 1.54) is 51.4 Å². The van der Waals surface area contributed by atoms with E-state index in [-0.39, 0.29) is 5.97 Å². The Labute approximate surface area is 187 Å². The first-order chi connectivity index (χ1) is 15.2. The van der Waals surface area contributed by atoms with E-state index >= 15 is 0 Å². The van der Waals surface area contributed by atoms with Gasteiger partial charge in [-0.25, -0.2) is 9.97 Å². The standard InChI is InChI=1S/C26H38N2O3/c1-3-5-7-9-10-11-12-14-25(29)31-24-20-27-26(28-21-24)22-15-17-23(18-16-22)30-19-13-8-6-4-2/h15-18,20-21H,3-14,19H2,1-2H3. The van der Waals surface area contributed by atoms with Crippen LogP contribution in [0.4, 0.5) is 0 Å². The third-order valence-corrected chi connectivity index (χ3v) is 5.22. The lowest BCUT2D eigenvalue weighted by atomic mass is 10.1. The van der Waals surface area contributed by atoms with Gasteiger partial charge in [0.1, 0.15) is 5.75 Å². The minimum atomic E-state index is -0.217. The largest absolute Gasteiger partial charge is 0.494 e. The summed E-state index contributed by atoms with van der Waals surface area (Å²) >= 11 is 0. The van der Waals surface area contributed by atoms with Gasteiger partial charge in [0.05, 0.1) is 19.0 Å². The maximum absolute atomic E-state index is 12.0. The number of benzene rings is 1. The molecular formula is C26H38N2O3. The lowest BCUT2D eigenvalue weighted by Gasteiger charge is -2.07. The Balaban J connectivity index is 1.70. The second-order valence-corrected chi connectivity index (χ2v) is 8.02. The molecule has 5 heteroatoms. The zero-order valence-electron chi connectivity index (χ0n) is 19.3. The van der Waals surface area contributed by atoms with Crippen molar-refractivity contribution in [1.29, 1.82) is 0 Å². The second kappa shape index (κ2) is 15.4.